The Morgan fingerprint density at radius 1 is 1.39 bits per heavy atom. The van der Waals surface area contributed by atoms with Gasteiger partial charge in [-0.05, 0) is 33.1 Å². The number of fused-ring (bicyclic) bond motifs is 1. The lowest BCUT2D eigenvalue weighted by Crippen LogP contribution is -2.15. The van der Waals surface area contributed by atoms with Crippen LogP contribution in [0.25, 0.3) is 4.96 Å². The Hall–Kier alpha value is -2.22. The zero-order valence-corrected chi connectivity index (χ0v) is 14.2. The monoisotopic (exact) mass is 333 g/mol. The first-order chi connectivity index (χ1) is 11.1. The molecule has 0 bridgehead atoms. The third-order valence-electron chi connectivity index (χ3n) is 3.72. The third kappa shape index (κ3) is 3.26. The molecule has 1 N–H and O–H groups in total. The Morgan fingerprint density at radius 2 is 2.22 bits per heavy atom. The molecular weight excluding hydrogens is 314 g/mol. The minimum absolute atomic E-state index is 0.133. The van der Waals surface area contributed by atoms with Crippen molar-refractivity contribution in [3.63, 3.8) is 0 Å². The largest absolute Gasteiger partial charge is 0.361 e. The van der Waals surface area contributed by atoms with Gasteiger partial charge in [-0.25, -0.2) is 4.98 Å². The topological polar surface area (TPSA) is 85.3 Å². The van der Waals surface area contributed by atoms with Crippen molar-refractivity contribution in [2.45, 2.75) is 40.0 Å². The Bertz CT molecular complexity index is 860. The number of aryl methyl sites for hydroxylation is 3. The SMILES string of the molecule is CCc1cc(=O)n2nc(NCCCc3c(C)noc3C)sc2n1. The molecule has 3 rings (SSSR count). The van der Waals surface area contributed by atoms with E-state index >= 15 is 0 Å². The summed E-state index contributed by atoms with van der Waals surface area (Å²) in [5, 5.41) is 12.2. The molecule has 0 aromatic carbocycles. The fourth-order valence-electron chi connectivity index (χ4n) is 2.43. The Kier molecular flexibility index (Phi) is 4.42. The number of nitrogens with zero attached hydrogens (tertiary/aromatic N) is 4. The number of anilines is 1. The van der Waals surface area contributed by atoms with Crippen molar-refractivity contribution in [3.8, 4) is 0 Å². The van der Waals surface area contributed by atoms with E-state index in [9.17, 15) is 4.79 Å². The molecule has 0 saturated carbocycles. The summed E-state index contributed by atoms with van der Waals surface area (Å²) in [4.78, 5) is 17.0. The first kappa shape index (κ1) is 15.7. The summed E-state index contributed by atoms with van der Waals surface area (Å²) in [6, 6.07) is 1.54. The summed E-state index contributed by atoms with van der Waals surface area (Å²) < 4.78 is 6.51. The molecule has 0 aliphatic heterocycles. The van der Waals surface area contributed by atoms with E-state index in [1.165, 1.54) is 27.5 Å². The molecule has 0 amide bonds. The van der Waals surface area contributed by atoms with E-state index in [2.05, 4.69) is 20.6 Å². The summed E-state index contributed by atoms with van der Waals surface area (Å²) in [6.45, 7) is 6.63. The predicted octanol–water partition coefficient (Wildman–Crippen LogP) is 2.36. The molecular formula is C15H19N5O2S. The molecule has 0 radical (unpaired) electrons. The van der Waals surface area contributed by atoms with Crippen molar-refractivity contribution in [1.29, 1.82) is 0 Å². The molecule has 0 aliphatic rings. The van der Waals surface area contributed by atoms with Crippen molar-refractivity contribution >= 4 is 21.4 Å². The van der Waals surface area contributed by atoms with Crippen molar-refractivity contribution in [2.24, 2.45) is 0 Å². The molecule has 23 heavy (non-hydrogen) atoms. The van der Waals surface area contributed by atoms with Crippen LogP contribution in [0.1, 0.15) is 36.1 Å². The van der Waals surface area contributed by atoms with Gasteiger partial charge >= 0.3 is 0 Å². The highest BCUT2D eigenvalue weighted by molar-refractivity contribution is 7.20. The molecule has 122 valence electrons. The summed E-state index contributed by atoms with van der Waals surface area (Å²) in [5.74, 6) is 0.880. The van der Waals surface area contributed by atoms with E-state index in [1.807, 2.05) is 20.8 Å². The fourth-order valence-corrected chi connectivity index (χ4v) is 3.28. The minimum Gasteiger partial charge on any atom is -0.361 e. The lowest BCUT2D eigenvalue weighted by molar-refractivity contribution is 0.392. The van der Waals surface area contributed by atoms with E-state index < -0.39 is 0 Å². The smallest absolute Gasteiger partial charge is 0.275 e. The average Bonchev–Trinajstić information content (AvgIpc) is 3.08. The van der Waals surface area contributed by atoms with E-state index in [1.54, 1.807) is 0 Å². The van der Waals surface area contributed by atoms with E-state index in [0.717, 1.165) is 43.0 Å². The zero-order valence-electron chi connectivity index (χ0n) is 13.4. The molecule has 0 unspecified atom stereocenters. The van der Waals surface area contributed by atoms with Crippen LogP contribution in [0.3, 0.4) is 0 Å². The summed E-state index contributed by atoms with van der Waals surface area (Å²) in [5.41, 5.74) is 2.78. The second-order valence-corrected chi connectivity index (χ2v) is 6.33. The van der Waals surface area contributed by atoms with Crippen LogP contribution in [0, 0.1) is 13.8 Å². The van der Waals surface area contributed by atoms with Gasteiger partial charge in [0, 0.05) is 23.9 Å². The molecule has 3 aromatic heterocycles. The zero-order chi connectivity index (χ0) is 16.4. The molecule has 7 nitrogen and oxygen atoms in total. The number of aromatic nitrogens is 4. The molecule has 0 saturated heterocycles. The maximum absolute atomic E-state index is 12.0. The van der Waals surface area contributed by atoms with E-state index in [4.69, 9.17) is 4.52 Å². The normalized spacial score (nSPS) is 11.3. The molecule has 8 heteroatoms. The Labute approximate surface area is 137 Å². The molecule has 0 aliphatic carbocycles. The summed E-state index contributed by atoms with van der Waals surface area (Å²) in [6.07, 6.45) is 2.57. The van der Waals surface area contributed by atoms with Crippen molar-refractivity contribution in [1.82, 2.24) is 19.8 Å². The van der Waals surface area contributed by atoms with Crippen LogP contribution in [0.5, 0.6) is 0 Å². The minimum atomic E-state index is -0.133. The molecule has 3 aromatic rings. The van der Waals surface area contributed by atoms with Gasteiger partial charge in [-0.2, -0.15) is 4.52 Å². The molecule has 3 heterocycles. The highest BCUT2D eigenvalue weighted by Gasteiger charge is 2.10. The first-order valence-corrected chi connectivity index (χ1v) is 8.45. The maximum atomic E-state index is 12.0. The van der Waals surface area contributed by atoms with Gasteiger partial charge in [0.1, 0.15) is 5.76 Å². The fraction of sp³-hybridized carbons (Fsp3) is 0.467. The molecule has 0 fully saturated rings. The first-order valence-electron chi connectivity index (χ1n) is 7.64. The second-order valence-electron chi connectivity index (χ2n) is 5.37. The van der Waals surface area contributed by atoms with Gasteiger partial charge in [0.05, 0.1) is 5.69 Å². The van der Waals surface area contributed by atoms with Gasteiger partial charge in [0.15, 0.2) is 0 Å². The van der Waals surface area contributed by atoms with Gasteiger partial charge < -0.3 is 9.84 Å². The van der Waals surface area contributed by atoms with Gasteiger partial charge in [0.2, 0.25) is 10.1 Å². The standard InChI is InChI=1S/C15H19N5O2S/c1-4-11-8-13(21)20-15(17-11)23-14(18-20)16-7-5-6-12-9(2)19-22-10(12)3/h8H,4-7H2,1-3H3,(H,16,18). The van der Waals surface area contributed by atoms with Crippen molar-refractivity contribution in [3.05, 3.63) is 39.1 Å². The lowest BCUT2D eigenvalue weighted by Gasteiger charge is -2.01. The Balaban J connectivity index is 1.63. The van der Waals surface area contributed by atoms with Crippen LogP contribution < -0.4 is 10.9 Å². The highest BCUT2D eigenvalue weighted by Crippen LogP contribution is 2.18. The number of hydrogen-bond acceptors (Lipinski definition) is 7. The van der Waals surface area contributed by atoms with Crippen LogP contribution in [0.2, 0.25) is 0 Å². The van der Waals surface area contributed by atoms with Crippen LogP contribution in [0.4, 0.5) is 5.13 Å². The highest BCUT2D eigenvalue weighted by atomic mass is 32.1. The number of rotatable bonds is 6. The van der Waals surface area contributed by atoms with E-state index in [0.29, 0.717) is 10.1 Å². The maximum Gasteiger partial charge on any atom is 0.275 e. The van der Waals surface area contributed by atoms with Crippen LogP contribution in [-0.4, -0.2) is 26.3 Å². The Morgan fingerprint density at radius 3 is 2.91 bits per heavy atom. The van der Waals surface area contributed by atoms with Gasteiger partial charge in [-0.1, -0.05) is 23.4 Å². The van der Waals surface area contributed by atoms with Gasteiger partial charge in [-0.3, -0.25) is 4.79 Å². The average molecular weight is 333 g/mol. The summed E-state index contributed by atoms with van der Waals surface area (Å²) in [7, 11) is 0. The predicted molar refractivity (Wildman–Crippen MR) is 89.3 cm³/mol. The summed E-state index contributed by atoms with van der Waals surface area (Å²) >= 11 is 1.39. The third-order valence-corrected chi connectivity index (χ3v) is 4.59. The number of hydrogen-bond donors (Lipinski definition) is 1. The van der Waals surface area contributed by atoms with Crippen LogP contribution >= 0.6 is 11.3 Å². The van der Waals surface area contributed by atoms with Crippen LogP contribution in [-0.2, 0) is 12.8 Å². The van der Waals surface area contributed by atoms with Crippen molar-refractivity contribution in [2.75, 3.05) is 11.9 Å². The van der Waals surface area contributed by atoms with Crippen molar-refractivity contribution < 1.29 is 4.52 Å². The van der Waals surface area contributed by atoms with Gasteiger partial charge in [0.25, 0.3) is 5.56 Å². The second kappa shape index (κ2) is 6.49. The molecule has 0 spiro atoms. The van der Waals surface area contributed by atoms with Crippen LogP contribution in [0.15, 0.2) is 15.4 Å². The van der Waals surface area contributed by atoms with E-state index in [-0.39, 0.29) is 5.56 Å². The number of nitrogens with one attached hydrogen (secondary N) is 1. The molecule has 0 atom stereocenters. The lowest BCUT2D eigenvalue weighted by atomic mass is 10.1. The van der Waals surface area contributed by atoms with Gasteiger partial charge in [-0.15, -0.1) is 5.10 Å². The quantitative estimate of drug-likeness (QED) is 0.697.